The molecule has 6 heteroatoms. The Labute approximate surface area is 122 Å². The lowest BCUT2D eigenvalue weighted by atomic mass is 10.2. The fourth-order valence-electron chi connectivity index (χ4n) is 2.03. The van der Waals surface area contributed by atoms with Gasteiger partial charge in [0, 0.05) is 11.4 Å². The smallest absolute Gasteiger partial charge is 0.138 e. The summed E-state index contributed by atoms with van der Waals surface area (Å²) in [5, 5.41) is 20.6. The van der Waals surface area contributed by atoms with Crippen molar-refractivity contribution in [1.82, 2.24) is 19.7 Å². The standard InChI is InChI=1S/C15H15N5O/c1-11-5-6-15(21)14(19-11)8-16-12-3-2-4-13(7-12)20-9-17-18-10-20/h2-7,9-10,16,21H,8H2,1H3. The lowest BCUT2D eigenvalue weighted by Gasteiger charge is -2.09. The maximum Gasteiger partial charge on any atom is 0.138 e. The Morgan fingerprint density at radius 2 is 1.95 bits per heavy atom. The van der Waals surface area contributed by atoms with Crippen molar-refractivity contribution in [3.8, 4) is 11.4 Å². The molecular formula is C15H15N5O. The Morgan fingerprint density at radius 1 is 1.14 bits per heavy atom. The summed E-state index contributed by atoms with van der Waals surface area (Å²) in [6.45, 7) is 2.36. The van der Waals surface area contributed by atoms with Crippen LogP contribution in [0.2, 0.25) is 0 Å². The zero-order valence-electron chi connectivity index (χ0n) is 11.6. The van der Waals surface area contributed by atoms with E-state index < -0.39 is 0 Å². The van der Waals surface area contributed by atoms with Crippen LogP contribution in [0.3, 0.4) is 0 Å². The minimum atomic E-state index is 0.197. The largest absolute Gasteiger partial charge is 0.506 e. The van der Waals surface area contributed by atoms with Crippen molar-refractivity contribution in [3.05, 3.63) is 60.4 Å². The Balaban J connectivity index is 1.76. The van der Waals surface area contributed by atoms with E-state index in [4.69, 9.17) is 0 Å². The first kappa shape index (κ1) is 13.1. The molecule has 2 aromatic heterocycles. The second-order valence-electron chi connectivity index (χ2n) is 4.69. The second kappa shape index (κ2) is 5.62. The van der Waals surface area contributed by atoms with Gasteiger partial charge in [0.1, 0.15) is 24.1 Å². The third-order valence-corrected chi connectivity index (χ3v) is 3.11. The van der Waals surface area contributed by atoms with E-state index in [9.17, 15) is 5.11 Å². The minimum absolute atomic E-state index is 0.197. The van der Waals surface area contributed by atoms with Gasteiger partial charge in [-0.15, -0.1) is 10.2 Å². The van der Waals surface area contributed by atoms with Gasteiger partial charge in [-0.2, -0.15) is 0 Å². The number of rotatable bonds is 4. The first-order valence-corrected chi connectivity index (χ1v) is 6.57. The van der Waals surface area contributed by atoms with Crippen LogP contribution in [0.5, 0.6) is 5.75 Å². The molecule has 1 aromatic carbocycles. The van der Waals surface area contributed by atoms with Gasteiger partial charge in [0.25, 0.3) is 0 Å². The molecule has 0 fully saturated rings. The molecule has 0 spiro atoms. The van der Waals surface area contributed by atoms with Crippen LogP contribution in [0.4, 0.5) is 5.69 Å². The number of hydrogen-bond acceptors (Lipinski definition) is 5. The molecule has 0 bridgehead atoms. The number of hydrogen-bond donors (Lipinski definition) is 2. The van der Waals surface area contributed by atoms with Crippen molar-refractivity contribution < 1.29 is 5.11 Å². The number of aromatic nitrogens is 4. The van der Waals surface area contributed by atoms with Crippen molar-refractivity contribution in [1.29, 1.82) is 0 Å². The second-order valence-corrected chi connectivity index (χ2v) is 4.69. The van der Waals surface area contributed by atoms with E-state index in [0.29, 0.717) is 12.2 Å². The predicted molar refractivity (Wildman–Crippen MR) is 79.3 cm³/mol. The van der Waals surface area contributed by atoms with E-state index >= 15 is 0 Å². The molecule has 0 aliphatic carbocycles. The van der Waals surface area contributed by atoms with Crippen LogP contribution in [-0.2, 0) is 6.54 Å². The number of anilines is 1. The van der Waals surface area contributed by atoms with E-state index in [1.165, 1.54) is 0 Å². The summed E-state index contributed by atoms with van der Waals surface area (Å²) in [5.74, 6) is 0.197. The lowest BCUT2D eigenvalue weighted by molar-refractivity contribution is 0.464. The molecule has 0 radical (unpaired) electrons. The van der Waals surface area contributed by atoms with Gasteiger partial charge in [0.15, 0.2) is 0 Å². The highest BCUT2D eigenvalue weighted by molar-refractivity contribution is 5.51. The molecule has 0 unspecified atom stereocenters. The summed E-state index contributed by atoms with van der Waals surface area (Å²) >= 11 is 0. The molecule has 0 saturated heterocycles. The first-order valence-electron chi connectivity index (χ1n) is 6.57. The van der Waals surface area contributed by atoms with Crippen LogP contribution in [0.25, 0.3) is 5.69 Å². The summed E-state index contributed by atoms with van der Waals surface area (Å²) in [6, 6.07) is 11.3. The number of pyridine rings is 1. The molecule has 0 aliphatic heterocycles. The Morgan fingerprint density at radius 3 is 2.76 bits per heavy atom. The van der Waals surface area contributed by atoms with Gasteiger partial charge in [-0.3, -0.25) is 9.55 Å². The van der Waals surface area contributed by atoms with E-state index in [2.05, 4.69) is 20.5 Å². The fourth-order valence-corrected chi connectivity index (χ4v) is 2.03. The molecule has 106 valence electrons. The third-order valence-electron chi connectivity index (χ3n) is 3.11. The van der Waals surface area contributed by atoms with E-state index in [-0.39, 0.29) is 5.75 Å². The molecule has 3 rings (SSSR count). The monoisotopic (exact) mass is 281 g/mol. The lowest BCUT2D eigenvalue weighted by Crippen LogP contribution is -2.03. The Hall–Kier alpha value is -2.89. The zero-order valence-corrected chi connectivity index (χ0v) is 11.6. The summed E-state index contributed by atoms with van der Waals surface area (Å²) < 4.78 is 1.83. The van der Waals surface area contributed by atoms with Crippen LogP contribution < -0.4 is 5.32 Å². The SMILES string of the molecule is Cc1ccc(O)c(CNc2cccc(-n3cnnc3)c2)n1. The van der Waals surface area contributed by atoms with Crippen LogP contribution in [0, 0.1) is 6.92 Å². The number of aromatic hydroxyl groups is 1. The van der Waals surface area contributed by atoms with Gasteiger partial charge in [0.2, 0.25) is 0 Å². The molecule has 3 aromatic rings. The molecule has 0 amide bonds. The molecule has 2 heterocycles. The van der Waals surface area contributed by atoms with Crippen molar-refractivity contribution in [2.24, 2.45) is 0 Å². The Kier molecular flexibility index (Phi) is 3.51. The van der Waals surface area contributed by atoms with Crippen molar-refractivity contribution >= 4 is 5.69 Å². The topological polar surface area (TPSA) is 75.9 Å². The van der Waals surface area contributed by atoms with Crippen LogP contribution in [0.15, 0.2) is 49.1 Å². The molecule has 6 nitrogen and oxygen atoms in total. The van der Waals surface area contributed by atoms with Crippen LogP contribution >= 0.6 is 0 Å². The number of nitrogens with zero attached hydrogens (tertiary/aromatic N) is 4. The van der Waals surface area contributed by atoms with Gasteiger partial charge in [0.05, 0.1) is 12.2 Å². The maximum atomic E-state index is 9.79. The summed E-state index contributed by atoms with van der Waals surface area (Å²) in [4.78, 5) is 4.32. The molecule has 0 saturated carbocycles. The van der Waals surface area contributed by atoms with E-state index in [1.54, 1.807) is 24.8 Å². The molecule has 2 N–H and O–H groups in total. The number of aryl methyl sites for hydroxylation is 1. The van der Waals surface area contributed by atoms with Gasteiger partial charge in [-0.1, -0.05) is 6.07 Å². The van der Waals surface area contributed by atoms with Gasteiger partial charge >= 0.3 is 0 Å². The molecule has 21 heavy (non-hydrogen) atoms. The summed E-state index contributed by atoms with van der Waals surface area (Å²) in [5.41, 5.74) is 3.41. The fraction of sp³-hybridized carbons (Fsp3) is 0.133. The highest BCUT2D eigenvalue weighted by Gasteiger charge is 2.04. The average Bonchev–Trinajstić information content (AvgIpc) is 3.03. The van der Waals surface area contributed by atoms with Crippen molar-refractivity contribution in [2.45, 2.75) is 13.5 Å². The predicted octanol–water partition coefficient (Wildman–Crippen LogP) is 2.29. The molecule has 0 aliphatic rings. The highest BCUT2D eigenvalue weighted by Crippen LogP contribution is 2.18. The van der Waals surface area contributed by atoms with Crippen molar-refractivity contribution in [2.75, 3.05) is 5.32 Å². The average molecular weight is 281 g/mol. The molecular weight excluding hydrogens is 266 g/mol. The van der Waals surface area contributed by atoms with Gasteiger partial charge < -0.3 is 10.4 Å². The third kappa shape index (κ3) is 3.00. The summed E-state index contributed by atoms with van der Waals surface area (Å²) in [7, 11) is 0. The van der Waals surface area contributed by atoms with Crippen molar-refractivity contribution in [3.63, 3.8) is 0 Å². The quantitative estimate of drug-likeness (QED) is 0.767. The minimum Gasteiger partial charge on any atom is -0.506 e. The number of nitrogens with one attached hydrogen (secondary N) is 1. The van der Waals surface area contributed by atoms with Crippen LogP contribution in [0.1, 0.15) is 11.4 Å². The number of benzene rings is 1. The zero-order chi connectivity index (χ0) is 14.7. The van der Waals surface area contributed by atoms with Gasteiger partial charge in [-0.05, 0) is 37.3 Å². The molecule has 0 atom stereocenters. The van der Waals surface area contributed by atoms with E-state index in [1.807, 2.05) is 35.8 Å². The van der Waals surface area contributed by atoms with Gasteiger partial charge in [-0.25, -0.2) is 0 Å². The summed E-state index contributed by atoms with van der Waals surface area (Å²) in [6.07, 6.45) is 3.29. The van der Waals surface area contributed by atoms with Crippen LogP contribution in [-0.4, -0.2) is 24.9 Å². The maximum absolute atomic E-state index is 9.79. The Bertz CT molecular complexity index is 740. The first-order chi connectivity index (χ1) is 10.2. The van der Waals surface area contributed by atoms with E-state index in [0.717, 1.165) is 17.1 Å². The normalized spacial score (nSPS) is 10.5. The highest BCUT2D eigenvalue weighted by atomic mass is 16.3.